The molecule has 0 aliphatic rings. The lowest BCUT2D eigenvalue weighted by Crippen LogP contribution is -2.13. The van der Waals surface area contributed by atoms with E-state index in [1.807, 2.05) is 0 Å². The number of pyridine rings is 1. The number of nitrogens with two attached hydrogens (primary N) is 1. The van der Waals surface area contributed by atoms with Gasteiger partial charge in [-0.25, -0.2) is 13.8 Å². The van der Waals surface area contributed by atoms with Gasteiger partial charge in [0.1, 0.15) is 3.70 Å². The zero-order valence-electron chi connectivity index (χ0n) is 9.04. The van der Waals surface area contributed by atoms with Gasteiger partial charge >= 0.3 is 5.97 Å². The van der Waals surface area contributed by atoms with Gasteiger partial charge in [-0.1, -0.05) is 0 Å². The minimum absolute atomic E-state index is 0.0776. The zero-order valence-corrected chi connectivity index (χ0v) is 11.2. The Kier molecular flexibility index (Phi) is 5.03. The molecule has 0 aliphatic carbocycles. The first-order valence-electron chi connectivity index (χ1n) is 4.83. The smallest absolute Gasteiger partial charge is 0.310 e. The Morgan fingerprint density at radius 2 is 2.29 bits per heavy atom. The van der Waals surface area contributed by atoms with Crippen LogP contribution in [0.3, 0.4) is 0 Å². The van der Waals surface area contributed by atoms with Gasteiger partial charge in [0.25, 0.3) is 6.43 Å². The van der Waals surface area contributed by atoms with Crippen LogP contribution in [0.1, 0.15) is 24.5 Å². The molecule has 0 saturated carbocycles. The number of hydrogen-bond acceptors (Lipinski definition) is 4. The van der Waals surface area contributed by atoms with E-state index in [0.717, 1.165) is 0 Å². The molecule has 4 nitrogen and oxygen atoms in total. The Morgan fingerprint density at radius 1 is 1.65 bits per heavy atom. The van der Waals surface area contributed by atoms with E-state index in [4.69, 9.17) is 10.5 Å². The number of carbonyl (C=O) groups is 1. The topological polar surface area (TPSA) is 65.2 Å². The third-order valence-corrected chi connectivity index (χ3v) is 2.92. The van der Waals surface area contributed by atoms with Crippen LogP contribution in [0.5, 0.6) is 0 Å². The second-order valence-corrected chi connectivity index (χ2v) is 4.20. The van der Waals surface area contributed by atoms with Gasteiger partial charge in [0.15, 0.2) is 0 Å². The molecule has 0 fully saturated rings. The highest BCUT2D eigenvalue weighted by molar-refractivity contribution is 14.1. The number of nitrogen functional groups attached to an aromatic ring is 1. The molecule has 0 aromatic carbocycles. The van der Waals surface area contributed by atoms with E-state index in [9.17, 15) is 13.6 Å². The molecule has 0 atom stereocenters. The molecule has 94 valence electrons. The van der Waals surface area contributed by atoms with Crippen molar-refractivity contribution in [1.82, 2.24) is 4.98 Å². The maximum atomic E-state index is 12.9. The van der Waals surface area contributed by atoms with E-state index in [-0.39, 0.29) is 33.5 Å². The molecule has 0 spiro atoms. The van der Waals surface area contributed by atoms with Crippen LogP contribution in [-0.4, -0.2) is 17.6 Å². The van der Waals surface area contributed by atoms with Gasteiger partial charge in [-0.2, -0.15) is 0 Å². The van der Waals surface area contributed by atoms with E-state index in [1.165, 1.54) is 6.20 Å². The van der Waals surface area contributed by atoms with Crippen molar-refractivity contribution < 1.29 is 18.3 Å². The molecule has 1 aromatic rings. The Morgan fingerprint density at radius 3 is 2.82 bits per heavy atom. The van der Waals surface area contributed by atoms with Gasteiger partial charge in [0, 0.05) is 0 Å². The molecular weight excluding hydrogens is 345 g/mol. The Bertz CT molecular complexity index is 427. The number of ether oxygens (including phenoxy) is 1. The fourth-order valence-electron chi connectivity index (χ4n) is 1.33. The lowest BCUT2D eigenvalue weighted by atomic mass is 10.1. The quantitative estimate of drug-likeness (QED) is 0.511. The van der Waals surface area contributed by atoms with Crippen LogP contribution in [0.25, 0.3) is 0 Å². The predicted octanol–water partition coefficient (Wildman–Crippen LogP) is 2.31. The largest absolute Gasteiger partial charge is 0.466 e. The lowest BCUT2D eigenvalue weighted by Gasteiger charge is -2.12. The van der Waals surface area contributed by atoms with Gasteiger partial charge in [0.2, 0.25) is 0 Å². The van der Waals surface area contributed by atoms with E-state index in [1.54, 1.807) is 29.5 Å². The highest BCUT2D eigenvalue weighted by Gasteiger charge is 2.22. The molecule has 1 aromatic heterocycles. The summed E-state index contributed by atoms with van der Waals surface area (Å²) in [7, 11) is 0. The number of aromatic nitrogens is 1. The minimum Gasteiger partial charge on any atom is -0.466 e. The van der Waals surface area contributed by atoms with Gasteiger partial charge in [0.05, 0.1) is 30.5 Å². The van der Waals surface area contributed by atoms with Crippen molar-refractivity contribution >= 4 is 34.2 Å². The number of anilines is 1. The molecule has 0 bridgehead atoms. The van der Waals surface area contributed by atoms with Crippen molar-refractivity contribution in [3.05, 3.63) is 21.0 Å². The highest BCUT2D eigenvalue weighted by atomic mass is 127. The molecule has 2 N–H and O–H groups in total. The fourth-order valence-corrected chi connectivity index (χ4v) is 2.03. The van der Waals surface area contributed by atoms with Crippen LogP contribution in [0.2, 0.25) is 0 Å². The van der Waals surface area contributed by atoms with Crippen molar-refractivity contribution in [1.29, 1.82) is 0 Å². The molecule has 0 unspecified atom stereocenters. The first kappa shape index (κ1) is 14.1. The molecule has 17 heavy (non-hydrogen) atoms. The summed E-state index contributed by atoms with van der Waals surface area (Å²) < 4.78 is 30.6. The van der Waals surface area contributed by atoms with Crippen molar-refractivity contribution in [2.45, 2.75) is 19.8 Å². The number of hydrogen-bond donors (Lipinski definition) is 1. The molecule has 0 amide bonds. The zero-order chi connectivity index (χ0) is 13.0. The number of nitrogens with zero attached hydrogens (tertiary/aromatic N) is 1. The molecule has 7 heteroatoms. The maximum absolute atomic E-state index is 12.9. The summed E-state index contributed by atoms with van der Waals surface area (Å²) in [6.45, 7) is 1.84. The van der Waals surface area contributed by atoms with Gasteiger partial charge < -0.3 is 10.5 Å². The number of halogens is 3. The summed E-state index contributed by atoms with van der Waals surface area (Å²) in [4.78, 5) is 15.0. The molecule has 0 aliphatic heterocycles. The summed E-state index contributed by atoms with van der Waals surface area (Å²) >= 11 is 1.69. The molecule has 1 rings (SSSR count). The van der Waals surface area contributed by atoms with Crippen LogP contribution >= 0.6 is 22.6 Å². The van der Waals surface area contributed by atoms with Crippen LogP contribution in [0.15, 0.2) is 6.20 Å². The lowest BCUT2D eigenvalue weighted by molar-refractivity contribution is -0.142. The van der Waals surface area contributed by atoms with Gasteiger partial charge in [-0.15, -0.1) is 0 Å². The Labute approximate surface area is 111 Å². The Balaban J connectivity index is 3.12. The van der Waals surface area contributed by atoms with E-state index < -0.39 is 12.4 Å². The van der Waals surface area contributed by atoms with Gasteiger partial charge in [-0.05, 0) is 35.1 Å². The minimum atomic E-state index is -2.72. The van der Waals surface area contributed by atoms with Crippen LogP contribution in [-0.2, 0) is 16.0 Å². The van der Waals surface area contributed by atoms with Crippen molar-refractivity contribution in [3.8, 4) is 0 Å². The second-order valence-electron chi connectivity index (χ2n) is 3.18. The molecule has 0 saturated heterocycles. The maximum Gasteiger partial charge on any atom is 0.310 e. The third-order valence-electron chi connectivity index (χ3n) is 2.06. The van der Waals surface area contributed by atoms with E-state index in [0.29, 0.717) is 0 Å². The highest BCUT2D eigenvalue weighted by Crippen LogP contribution is 2.30. The summed E-state index contributed by atoms with van der Waals surface area (Å²) in [5, 5.41) is 0. The molecular formula is C10H11F2IN2O2. The number of rotatable bonds is 4. The van der Waals surface area contributed by atoms with E-state index >= 15 is 0 Å². The first-order chi connectivity index (χ1) is 7.97. The summed E-state index contributed by atoms with van der Waals surface area (Å²) in [5.74, 6) is -0.580. The second kappa shape index (κ2) is 6.08. The van der Waals surface area contributed by atoms with Crippen molar-refractivity contribution in [2.75, 3.05) is 12.3 Å². The Hall–Kier alpha value is -0.990. The third kappa shape index (κ3) is 3.48. The first-order valence-corrected chi connectivity index (χ1v) is 5.91. The van der Waals surface area contributed by atoms with Crippen molar-refractivity contribution in [2.24, 2.45) is 0 Å². The normalized spacial score (nSPS) is 10.6. The van der Waals surface area contributed by atoms with E-state index in [2.05, 4.69) is 4.98 Å². The van der Waals surface area contributed by atoms with Crippen LogP contribution in [0, 0.1) is 3.70 Å². The number of carbonyl (C=O) groups excluding carboxylic acids is 1. The summed E-state index contributed by atoms with van der Waals surface area (Å²) in [5.41, 5.74) is 5.45. The van der Waals surface area contributed by atoms with Crippen LogP contribution < -0.4 is 5.73 Å². The SMILES string of the molecule is CCOC(=O)Cc1c(N)cnc(I)c1C(F)F. The molecule has 1 heterocycles. The number of alkyl halides is 2. The molecule has 0 radical (unpaired) electrons. The standard InChI is InChI=1S/C10H11F2IN2O2/c1-2-17-7(16)3-5-6(14)4-15-10(13)8(5)9(11)12/h4,9H,2-3,14H2,1H3. The average molecular weight is 356 g/mol. The summed E-state index contributed by atoms with van der Waals surface area (Å²) in [6.07, 6.45) is -1.72. The number of esters is 1. The van der Waals surface area contributed by atoms with Crippen LogP contribution in [0.4, 0.5) is 14.5 Å². The predicted molar refractivity (Wildman–Crippen MR) is 66.7 cm³/mol. The van der Waals surface area contributed by atoms with Crippen molar-refractivity contribution in [3.63, 3.8) is 0 Å². The van der Waals surface area contributed by atoms with Gasteiger partial charge in [-0.3, -0.25) is 4.79 Å². The fraction of sp³-hybridized carbons (Fsp3) is 0.400. The average Bonchev–Trinajstić information content (AvgIpc) is 2.23. The monoisotopic (exact) mass is 356 g/mol. The summed E-state index contributed by atoms with van der Waals surface area (Å²) in [6, 6.07) is 0.